The van der Waals surface area contributed by atoms with E-state index < -0.39 is 27.5 Å². The number of rotatable bonds is 7. The number of sulfonamides is 1. The highest BCUT2D eigenvalue weighted by Crippen LogP contribution is 2.36. The lowest BCUT2D eigenvalue weighted by atomic mass is 10.0. The molecule has 0 aliphatic rings. The van der Waals surface area contributed by atoms with Crippen LogP contribution < -0.4 is 14.4 Å². The van der Waals surface area contributed by atoms with Crippen LogP contribution in [-0.2, 0) is 32.6 Å². The minimum atomic E-state index is -3.60. The van der Waals surface area contributed by atoms with E-state index in [1.54, 1.807) is 0 Å². The maximum Gasteiger partial charge on any atom is 0.351 e. The van der Waals surface area contributed by atoms with Gasteiger partial charge in [0.05, 0.1) is 0 Å². The van der Waals surface area contributed by atoms with Crippen molar-refractivity contribution < 1.29 is 32.8 Å². The molecule has 0 radical (unpaired) electrons. The topological polar surface area (TPSA) is 143 Å². The molecule has 0 spiro atoms. The van der Waals surface area contributed by atoms with Crippen molar-refractivity contribution in [2.75, 3.05) is 0 Å². The van der Waals surface area contributed by atoms with Gasteiger partial charge in [-0.15, -0.1) is 11.3 Å². The number of aromatic nitrogens is 2. The van der Waals surface area contributed by atoms with Crippen LogP contribution in [0.1, 0.15) is 45.1 Å². The number of carbonyl (C=O) groups is 2. The van der Waals surface area contributed by atoms with Crippen molar-refractivity contribution in [3.63, 3.8) is 0 Å². The summed E-state index contributed by atoms with van der Waals surface area (Å²) in [7, 11) is -3.60. The Balaban J connectivity index is 0.000000641. The number of hydrogen-bond acceptors (Lipinski definition) is 6. The van der Waals surface area contributed by atoms with E-state index in [2.05, 4.69) is 40.3 Å². The second kappa shape index (κ2) is 11.6. The summed E-state index contributed by atoms with van der Waals surface area (Å²) in [5.74, 6) is -3.54. The largest absolute Gasteiger partial charge is 0.539 e. The maximum absolute atomic E-state index is 13.1. The van der Waals surface area contributed by atoms with E-state index in [0.29, 0.717) is 10.1 Å². The monoisotopic (exact) mass is 521 g/mol. The smallest absolute Gasteiger partial charge is 0.351 e. The van der Waals surface area contributed by atoms with E-state index in [0.717, 1.165) is 34.5 Å². The Hall–Kier alpha value is -3.02. The van der Waals surface area contributed by atoms with Crippen LogP contribution in [0.3, 0.4) is 0 Å². The van der Waals surface area contributed by atoms with E-state index in [4.69, 9.17) is 19.8 Å². The molecule has 0 atom stereocenters. The Morgan fingerprint density at radius 1 is 1.20 bits per heavy atom. The second-order valence-corrected chi connectivity index (χ2v) is 12.5. The maximum atomic E-state index is 13.1. The van der Waals surface area contributed by atoms with Gasteiger partial charge in [-0.2, -0.15) is 0 Å². The zero-order valence-corrected chi connectivity index (χ0v) is 22.0. The van der Waals surface area contributed by atoms with E-state index in [-0.39, 0.29) is 0 Å². The fourth-order valence-electron chi connectivity index (χ4n) is 3.20. The molecule has 11 heteroatoms. The summed E-state index contributed by atoms with van der Waals surface area (Å²) >= 11 is 1.38. The molecule has 0 fully saturated rings. The first-order valence-electron chi connectivity index (χ1n) is 10.9. The molecular formula is C24H31N3O6S2. The summed E-state index contributed by atoms with van der Waals surface area (Å²) in [6.07, 6.45) is 6.64. The number of carboxylic acids is 2. The number of carbonyl (C=O) groups excluding carboxylic acids is 1. The van der Waals surface area contributed by atoms with Gasteiger partial charge in [0, 0.05) is 16.0 Å². The number of benzene rings is 1. The predicted molar refractivity (Wildman–Crippen MR) is 131 cm³/mol. The Morgan fingerprint density at radius 3 is 2.26 bits per heavy atom. The minimum Gasteiger partial charge on any atom is -0.539 e. The van der Waals surface area contributed by atoms with Gasteiger partial charge in [0.25, 0.3) is 10.0 Å². The zero-order chi connectivity index (χ0) is 26.4. The van der Waals surface area contributed by atoms with E-state index in [1.807, 2.05) is 57.7 Å². The van der Waals surface area contributed by atoms with Crippen molar-refractivity contribution >= 4 is 33.3 Å². The summed E-state index contributed by atoms with van der Waals surface area (Å²) in [6, 6.07) is 10.2. The lowest BCUT2D eigenvalue weighted by Gasteiger charge is -2.20. The first-order valence-corrected chi connectivity index (χ1v) is 13.2. The van der Waals surface area contributed by atoms with Gasteiger partial charge in [-0.05, 0) is 50.3 Å². The van der Waals surface area contributed by atoms with Crippen LogP contribution in [0.2, 0.25) is 0 Å². The molecule has 9 nitrogen and oxygen atoms in total. The first kappa shape index (κ1) is 28.2. The molecule has 190 valence electrons. The van der Waals surface area contributed by atoms with Crippen molar-refractivity contribution in [3.05, 3.63) is 59.5 Å². The second-order valence-electron chi connectivity index (χ2n) is 9.44. The van der Waals surface area contributed by atoms with Crippen molar-refractivity contribution in [1.29, 1.82) is 0 Å². The van der Waals surface area contributed by atoms with Crippen LogP contribution in [0.25, 0.3) is 11.1 Å². The summed E-state index contributed by atoms with van der Waals surface area (Å²) in [5, 5.41) is 16.3. The quantitative estimate of drug-likeness (QED) is 0.321. The van der Waals surface area contributed by atoms with Crippen molar-refractivity contribution in [2.24, 2.45) is 5.92 Å². The molecule has 1 aromatic carbocycles. The Labute approximate surface area is 209 Å². The van der Waals surface area contributed by atoms with Crippen molar-refractivity contribution in [2.45, 2.75) is 57.3 Å². The third-order valence-electron chi connectivity index (χ3n) is 4.45. The van der Waals surface area contributed by atoms with Gasteiger partial charge in [-0.25, -0.2) is 22.5 Å². The number of aromatic amines is 1. The number of nitrogens with one attached hydrogen (secondary N) is 2. The van der Waals surface area contributed by atoms with Crippen LogP contribution >= 0.6 is 11.3 Å². The summed E-state index contributed by atoms with van der Waals surface area (Å²) in [6.45, 7) is 10.6. The highest BCUT2D eigenvalue weighted by atomic mass is 32.2. The van der Waals surface area contributed by atoms with Crippen LogP contribution in [0, 0.1) is 5.92 Å². The number of H-pyrrole nitrogens is 1. The first-order chi connectivity index (χ1) is 16.2. The van der Waals surface area contributed by atoms with Crippen molar-refractivity contribution in [3.8, 4) is 11.1 Å². The number of hydrogen-bond donors (Lipinski definition) is 3. The number of thiophene rings is 1. The van der Waals surface area contributed by atoms with Crippen LogP contribution in [0.5, 0.6) is 0 Å². The Morgan fingerprint density at radius 2 is 1.80 bits per heavy atom. The fourth-order valence-corrected chi connectivity index (χ4v) is 6.56. The van der Waals surface area contributed by atoms with E-state index in [9.17, 15) is 8.42 Å². The third-order valence-corrected chi connectivity index (χ3v) is 7.90. The van der Waals surface area contributed by atoms with Crippen LogP contribution in [-0.4, -0.2) is 36.0 Å². The van der Waals surface area contributed by atoms with Gasteiger partial charge in [0.15, 0.2) is 5.97 Å². The lowest BCUT2D eigenvalue weighted by Crippen LogP contribution is -2.40. The van der Waals surface area contributed by atoms with Gasteiger partial charge < -0.3 is 15.0 Å². The Bertz CT molecular complexity index is 1230. The highest BCUT2D eigenvalue weighted by molar-refractivity contribution is 7.91. The molecule has 3 aromatic rings. The molecule has 0 saturated heterocycles. The summed E-state index contributed by atoms with van der Waals surface area (Å²) in [4.78, 5) is 22.2. The average molecular weight is 522 g/mol. The standard InChI is InChI=1S/C22H29N3O2S2.C2H2O4/c1-16(2)12-19-13-20(21(28-19)29(26,27)24-22(3,4)5)18-8-6-17(7-9-18)14-25-11-10-23-15-25;3-1(4)2(5)6/h6-11,13,15-16,24H,12,14H2,1-5H3;(H,3,4)(H,5,6). The SMILES string of the molecule is CC(C)Cc1cc(-c2ccc(C[n+]3cc[nH]c3)cc2)c(S(=O)(=O)NC(C)(C)C)s1.O=C([O-])C(=O)O. The van der Waals surface area contributed by atoms with Crippen LogP contribution in [0.4, 0.5) is 0 Å². The minimum absolute atomic E-state index is 0.399. The summed E-state index contributed by atoms with van der Waals surface area (Å²) in [5.41, 5.74) is 2.33. The molecule has 2 heterocycles. The average Bonchev–Trinajstić information content (AvgIpc) is 3.37. The number of imidazole rings is 1. The van der Waals surface area contributed by atoms with Crippen molar-refractivity contribution in [1.82, 2.24) is 9.71 Å². The van der Waals surface area contributed by atoms with Gasteiger partial charge >= 0.3 is 5.97 Å². The predicted octanol–water partition coefficient (Wildman–Crippen LogP) is 2.18. The van der Waals surface area contributed by atoms with Crippen LogP contribution in [0.15, 0.2) is 53.3 Å². The zero-order valence-electron chi connectivity index (χ0n) is 20.4. The fraction of sp³-hybridized carbons (Fsp3) is 0.375. The van der Waals surface area contributed by atoms with E-state index >= 15 is 0 Å². The lowest BCUT2D eigenvalue weighted by molar-refractivity contribution is -0.687. The molecular weight excluding hydrogens is 490 g/mol. The van der Waals surface area contributed by atoms with Gasteiger partial charge in [0.2, 0.25) is 6.33 Å². The molecule has 3 N–H and O–H groups in total. The highest BCUT2D eigenvalue weighted by Gasteiger charge is 2.27. The number of carboxylic acid groups (broad SMARTS) is 2. The van der Waals surface area contributed by atoms with E-state index in [1.165, 1.54) is 11.3 Å². The van der Waals surface area contributed by atoms with Gasteiger partial charge in [0.1, 0.15) is 23.1 Å². The molecule has 0 aliphatic heterocycles. The summed E-state index contributed by atoms with van der Waals surface area (Å²) < 4.78 is 31.5. The number of nitrogens with zero attached hydrogens (tertiary/aromatic N) is 1. The molecule has 0 amide bonds. The normalized spacial score (nSPS) is 11.7. The molecule has 0 saturated carbocycles. The molecule has 2 aromatic heterocycles. The molecule has 0 aliphatic carbocycles. The Kier molecular flexibility index (Phi) is 9.36. The third kappa shape index (κ3) is 8.93. The molecule has 35 heavy (non-hydrogen) atoms. The molecule has 0 bridgehead atoms. The van der Waals surface area contributed by atoms with Gasteiger partial charge in [-0.1, -0.05) is 38.1 Å². The van der Waals surface area contributed by atoms with Gasteiger partial charge in [-0.3, -0.25) is 4.98 Å². The number of aliphatic carboxylic acids is 2. The molecule has 3 rings (SSSR count). The molecule has 0 unspecified atom stereocenters.